The third kappa shape index (κ3) is 2.46. The van der Waals surface area contributed by atoms with E-state index in [2.05, 4.69) is 67.7 Å². The summed E-state index contributed by atoms with van der Waals surface area (Å²) < 4.78 is 0.465. The Balaban J connectivity index is 2.34. The summed E-state index contributed by atoms with van der Waals surface area (Å²) in [7, 11) is 0. The highest BCUT2D eigenvalue weighted by Gasteiger charge is 2.08. The van der Waals surface area contributed by atoms with Crippen molar-refractivity contribution in [2.24, 2.45) is 0 Å². The number of hydrogen-bond acceptors (Lipinski definition) is 2. The van der Waals surface area contributed by atoms with Crippen LogP contribution >= 0.6 is 56.5 Å². The molecular formula is C10H7I2NS. The number of rotatable bonds is 2. The van der Waals surface area contributed by atoms with Crippen LogP contribution in [-0.2, 0) is 0 Å². The van der Waals surface area contributed by atoms with Crippen molar-refractivity contribution < 1.29 is 0 Å². The minimum atomic E-state index is 0.465. The van der Waals surface area contributed by atoms with E-state index in [-0.39, 0.29) is 0 Å². The molecule has 0 fully saturated rings. The Morgan fingerprint density at radius 2 is 1.86 bits per heavy atom. The molecule has 2 aromatic rings. The Labute approximate surface area is 114 Å². The second-order valence-corrected chi connectivity index (χ2v) is 8.50. The van der Waals surface area contributed by atoms with Crippen molar-refractivity contribution in [1.29, 1.82) is 0 Å². The van der Waals surface area contributed by atoms with Gasteiger partial charge in [-0.05, 0) is 0 Å². The Kier molecular flexibility index (Phi) is 3.78. The highest BCUT2D eigenvalue weighted by molar-refractivity contribution is 14.2. The largest absolute Gasteiger partial charge is 0.239 e. The van der Waals surface area contributed by atoms with E-state index in [9.17, 15) is 0 Å². The molecule has 14 heavy (non-hydrogen) atoms. The molecule has 0 bridgehead atoms. The summed E-state index contributed by atoms with van der Waals surface area (Å²) in [5.41, 5.74) is 2.28. The van der Waals surface area contributed by atoms with E-state index in [0.717, 1.165) is 5.69 Å². The van der Waals surface area contributed by atoms with E-state index >= 15 is 0 Å². The molecule has 2 rings (SSSR count). The molecule has 0 saturated heterocycles. The normalized spacial score (nSPS) is 10.8. The summed E-state index contributed by atoms with van der Waals surface area (Å²) in [6, 6.07) is 10.3. The SMILES string of the molecule is IC(I)c1nc(-c2ccccc2)cs1. The average Bonchev–Trinajstić information content (AvgIpc) is 2.68. The van der Waals surface area contributed by atoms with E-state index in [1.807, 2.05) is 18.2 Å². The van der Waals surface area contributed by atoms with Crippen LogP contribution in [0.3, 0.4) is 0 Å². The van der Waals surface area contributed by atoms with E-state index in [1.165, 1.54) is 10.6 Å². The van der Waals surface area contributed by atoms with Gasteiger partial charge >= 0.3 is 0 Å². The molecule has 1 aromatic heterocycles. The summed E-state index contributed by atoms with van der Waals surface area (Å²) in [6.45, 7) is 0. The quantitative estimate of drug-likeness (QED) is 0.502. The fourth-order valence-electron chi connectivity index (χ4n) is 1.13. The van der Waals surface area contributed by atoms with Crippen LogP contribution in [0.25, 0.3) is 11.3 Å². The molecule has 0 saturated carbocycles. The Bertz CT molecular complexity index is 411. The zero-order valence-electron chi connectivity index (χ0n) is 7.15. The molecule has 0 spiro atoms. The maximum Gasteiger partial charge on any atom is 0.116 e. The van der Waals surface area contributed by atoms with Gasteiger partial charge in [0.25, 0.3) is 0 Å². The van der Waals surface area contributed by atoms with Gasteiger partial charge < -0.3 is 0 Å². The lowest BCUT2D eigenvalue weighted by molar-refractivity contribution is 1.29. The van der Waals surface area contributed by atoms with Crippen molar-refractivity contribution in [2.45, 2.75) is 1.93 Å². The third-order valence-corrected chi connectivity index (χ3v) is 4.71. The highest BCUT2D eigenvalue weighted by atomic mass is 127. The number of alkyl halides is 2. The zero-order chi connectivity index (χ0) is 9.97. The van der Waals surface area contributed by atoms with Crippen molar-refractivity contribution in [3.8, 4) is 11.3 Å². The second-order valence-electron chi connectivity index (χ2n) is 2.74. The molecule has 0 aliphatic heterocycles. The van der Waals surface area contributed by atoms with Gasteiger partial charge in [0, 0.05) is 10.9 Å². The summed E-state index contributed by atoms with van der Waals surface area (Å²) in [5, 5.41) is 3.31. The van der Waals surface area contributed by atoms with E-state index in [0.29, 0.717) is 1.93 Å². The van der Waals surface area contributed by atoms with Crippen molar-refractivity contribution in [2.75, 3.05) is 0 Å². The number of nitrogens with zero attached hydrogens (tertiary/aromatic N) is 1. The molecule has 0 amide bonds. The standard InChI is InChI=1S/C10H7I2NS/c11-9(12)10-13-8(6-14-10)7-4-2-1-3-5-7/h1-6,9H. The lowest BCUT2D eigenvalue weighted by atomic mass is 10.2. The lowest BCUT2D eigenvalue weighted by Crippen LogP contribution is -1.79. The van der Waals surface area contributed by atoms with Gasteiger partial charge in [0.05, 0.1) is 5.69 Å². The first-order chi connectivity index (χ1) is 6.77. The summed E-state index contributed by atoms with van der Waals surface area (Å²) in [4.78, 5) is 4.58. The first kappa shape index (κ1) is 10.8. The van der Waals surface area contributed by atoms with Crippen molar-refractivity contribution >= 4 is 56.5 Å². The maximum atomic E-state index is 4.58. The predicted octanol–water partition coefficient (Wildman–Crippen LogP) is 4.68. The molecule has 4 heteroatoms. The number of thiazole rings is 1. The number of halogens is 2. The van der Waals surface area contributed by atoms with Gasteiger partial charge in [-0.25, -0.2) is 4.98 Å². The van der Waals surface area contributed by atoms with Gasteiger partial charge in [-0.3, -0.25) is 0 Å². The topological polar surface area (TPSA) is 12.9 Å². The highest BCUT2D eigenvalue weighted by Crippen LogP contribution is 2.34. The van der Waals surface area contributed by atoms with Gasteiger partial charge in [-0.15, -0.1) is 11.3 Å². The molecule has 0 aliphatic rings. The van der Waals surface area contributed by atoms with Gasteiger partial charge in [0.1, 0.15) is 6.94 Å². The fraction of sp³-hybridized carbons (Fsp3) is 0.100. The first-order valence-electron chi connectivity index (χ1n) is 4.06. The lowest BCUT2D eigenvalue weighted by Gasteiger charge is -1.95. The van der Waals surface area contributed by atoms with Gasteiger partial charge in [-0.1, -0.05) is 75.5 Å². The summed E-state index contributed by atoms with van der Waals surface area (Å²) >= 11 is 6.48. The molecule has 0 unspecified atom stereocenters. The first-order valence-corrected chi connectivity index (χ1v) is 7.43. The number of aromatic nitrogens is 1. The van der Waals surface area contributed by atoms with Crippen molar-refractivity contribution in [3.63, 3.8) is 0 Å². The minimum absolute atomic E-state index is 0.465. The van der Waals surface area contributed by atoms with E-state index in [4.69, 9.17) is 0 Å². The van der Waals surface area contributed by atoms with Crippen LogP contribution in [0.15, 0.2) is 35.7 Å². The molecule has 0 N–H and O–H groups in total. The van der Waals surface area contributed by atoms with Crippen LogP contribution in [0, 0.1) is 0 Å². The van der Waals surface area contributed by atoms with Crippen molar-refractivity contribution in [3.05, 3.63) is 40.7 Å². The maximum absolute atomic E-state index is 4.58. The van der Waals surface area contributed by atoms with Crippen molar-refractivity contribution in [1.82, 2.24) is 4.98 Å². The monoisotopic (exact) mass is 427 g/mol. The van der Waals surface area contributed by atoms with Crippen LogP contribution in [0.1, 0.15) is 6.94 Å². The van der Waals surface area contributed by atoms with Crippen LogP contribution < -0.4 is 0 Å². The summed E-state index contributed by atoms with van der Waals surface area (Å²) in [5.74, 6) is 0. The zero-order valence-corrected chi connectivity index (χ0v) is 12.3. The third-order valence-electron chi connectivity index (χ3n) is 1.78. The van der Waals surface area contributed by atoms with Crippen LogP contribution in [0.4, 0.5) is 0 Å². The number of hydrogen-bond donors (Lipinski definition) is 0. The molecule has 1 aromatic carbocycles. The van der Waals surface area contributed by atoms with Gasteiger partial charge in [0.15, 0.2) is 0 Å². The minimum Gasteiger partial charge on any atom is -0.239 e. The van der Waals surface area contributed by atoms with Gasteiger partial charge in [0.2, 0.25) is 0 Å². The molecule has 0 radical (unpaired) electrons. The Morgan fingerprint density at radius 1 is 1.14 bits per heavy atom. The van der Waals surface area contributed by atoms with Crippen LogP contribution in [-0.4, -0.2) is 4.98 Å². The van der Waals surface area contributed by atoms with E-state index < -0.39 is 0 Å². The molecule has 0 atom stereocenters. The Morgan fingerprint density at radius 3 is 2.43 bits per heavy atom. The van der Waals surface area contributed by atoms with Crippen LogP contribution in [0.5, 0.6) is 0 Å². The molecule has 1 nitrogen and oxygen atoms in total. The van der Waals surface area contributed by atoms with E-state index in [1.54, 1.807) is 11.3 Å². The molecule has 0 aliphatic carbocycles. The number of benzene rings is 1. The average molecular weight is 427 g/mol. The van der Waals surface area contributed by atoms with Crippen LogP contribution in [0.2, 0.25) is 0 Å². The fourth-order valence-corrected chi connectivity index (χ4v) is 2.96. The molecular weight excluding hydrogens is 420 g/mol. The Hall–Kier alpha value is 0.310. The van der Waals surface area contributed by atoms with Gasteiger partial charge in [-0.2, -0.15) is 0 Å². The second kappa shape index (κ2) is 4.89. The molecule has 1 heterocycles. The molecule has 72 valence electrons. The predicted molar refractivity (Wildman–Crippen MR) is 78.3 cm³/mol. The summed E-state index contributed by atoms with van der Waals surface area (Å²) in [6.07, 6.45) is 0. The smallest absolute Gasteiger partial charge is 0.116 e.